The third kappa shape index (κ3) is 23.6. The molecule has 1 saturated carbocycles. The maximum atomic E-state index is 12.3. The zero-order valence-electron chi connectivity index (χ0n) is 32.4. The maximum Gasteiger partial charge on any atom is 0.240 e. The van der Waals surface area contributed by atoms with E-state index < -0.39 is 11.9 Å². The number of aromatic nitrogens is 1. The number of hydrogen-bond donors (Lipinski definition) is 6. The molecule has 12 nitrogen and oxygen atoms in total. The second kappa shape index (κ2) is 31.3. The predicted molar refractivity (Wildman–Crippen MR) is 211 cm³/mol. The Morgan fingerprint density at radius 3 is 2.04 bits per heavy atom. The second-order valence-corrected chi connectivity index (χ2v) is 14.3. The zero-order chi connectivity index (χ0) is 39.2. The van der Waals surface area contributed by atoms with Gasteiger partial charge in [-0.1, -0.05) is 79.7 Å². The van der Waals surface area contributed by atoms with Crippen LogP contribution in [0.25, 0.3) is 10.2 Å². The molecule has 0 bridgehead atoms. The van der Waals surface area contributed by atoms with Crippen molar-refractivity contribution >= 4 is 52.0 Å². The molecule has 1 aliphatic carbocycles. The highest BCUT2D eigenvalue weighted by molar-refractivity contribution is 7.18. The Bertz CT molecular complexity index is 1230. The van der Waals surface area contributed by atoms with Gasteiger partial charge in [-0.3, -0.25) is 19.2 Å². The Balaban J connectivity index is 0. The normalized spacial score (nSPS) is 13.4. The highest BCUT2D eigenvalue weighted by atomic mass is 32.1. The molecule has 2 unspecified atom stereocenters. The van der Waals surface area contributed by atoms with Gasteiger partial charge < -0.3 is 38.4 Å². The summed E-state index contributed by atoms with van der Waals surface area (Å²) in [7, 11) is 1.50. The minimum Gasteiger partial charge on any atom is -0.372 e. The number of carbonyl (C=O) groups excluding carboxylic acids is 5. The van der Waals surface area contributed by atoms with Crippen molar-refractivity contribution in [1.29, 1.82) is 0 Å². The van der Waals surface area contributed by atoms with Crippen LogP contribution in [0.15, 0.2) is 18.2 Å². The SMILES string of the molecule is CC(C)CC(NC(=O)CCCCCN)C(N)=O.CC(C)c1ccc2nc(CCC(=O)NC(C=O)C3CCCCC3)sc2c1.CCC.CN.NC=O. The van der Waals surface area contributed by atoms with Crippen molar-refractivity contribution in [2.24, 2.45) is 34.8 Å². The Morgan fingerprint density at radius 1 is 0.941 bits per heavy atom. The van der Waals surface area contributed by atoms with Gasteiger partial charge in [-0.15, -0.1) is 11.3 Å². The number of aldehydes is 1. The number of carbonyl (C=O) groups is 5. The Kier molecular flexibility index (Phi) is 30.5. The van der Waals surface area contributed by atoms with Gasteiger partial charge in [-0.05, 0) is 81.1 Å². The summed E-state index contributed by atoms with van der Waals surface area (Å²) in [4.78, 5) is 59.6. The molecule has 0 radical (unpaired) electrons. The van der Waals surface area contributed by atoms with Crippen LogP contribution in [-0.4, -0.2) is 61.1 Å². The van der Waals surface area contributed by atoms with Crippen LogP contribution in [0.3, 0.4) is 0 Å². The number of nitrogens with zero attached hydrogens (tertiary/aromatic N) is 1. The van der Waals surface area contributed by atoms with E-state index >= 15 is 0 Å². The monoisotopic (exact) mass is 736 g/mol. The number of amides is 4. The first-order valence-corrected chi connectivity index (χ1v) is 19.3. The Labute approximate surface area is 311 Å². The second-order valence-electron chi connectivity index (χ2n) is 13.2. The molecule has 10 N–H and O–H groups in total. The van der Waals surface area contributed by atoms with Gasteiger partial charge in [-0.2, -0.15) is 0 Å². The molecule has 4 amide bonds. The number of hydrogen-bond acceptors (Lipinski definition) is 9. The topological polar surface area (TPSA) is 226 Å². The van der Waals surface area contributed by atoms with Gasteiger partial charge in [0.1, 0.15) is 12.3 Å². The third-order valence-corrected chi connectivity index (χ3v) is 8.89. The van der Waals surface area contributed by atoms with Crippen molar-refractivity contribution in [3.8, 4) is 0 Å². The molecule has 13 heteroatoms. The lowest BCUT2D eigenvalue weighted by Crippen LogP contribution is -2.45. The van der Waals surface area contributed by atoms with Crippen molar-refractivity contribution in [2.45, 2.75) is 143 Å². The van der Waals surface area contributed by atoms with E-state index in [1.165, 1.54) is 30.2 Å². The lowest BCUT2D eigenvalue weighted by molar-refractivity contribution is -0.127. The van der Waals surface area contributed by atoms with Crippen LogP contribution in [0.1, 0.15) is 135 Å². The molecule has 0 spiro atoms. The van der Waals surface area contributed by atoms with E-state index in [9.17, 15) is 19.2 Å². The average Bonchev–Trinajstić information content (AvgIpc) is 3.52. The van der Waals surface area contributed by atoms with Crippen LogP contribution in [0, 0.1) is 11.8 Å². The fraction of sp³-hybridized carbons (Fsp3) is 0.684. The number of primary amides is 2. The molecule has 0 saturated heterocycles. The van der Waals surface area contributed by atoms with Gasteiger partial charge in [0.05, 0.1) is 21.3 Å². The quantitative estimate of drug-likeness (QED) is 0.0986. The number of rotatable bonds is 16. The molecule has 3 rings (SSSR count). The van der Waals surface area contributed by atoms with E-state index in [-0.39, 0.29) is 24.3 Å². The maximum absolute atomic E-state index is 12.3. The summed E-state index contributed by atoms with van der Waals surface area (Å²) in [6.07, 6.45) is 12.8. The first kappa shape index (κ1) is 49.7. The Morgan fingerprint density at radius 2 is 1.53 bits per heavy atom. The largest absolute Gasteiger partial charge is 0.372 e. The molecule has 1 aromatic heterocycles. The molecular formula is C38H69N7O5S. The van der Waals surface area contributed by atoms with E-state index in [1.54, 1.807) is 11.3 Å². The molecular weight excluding hydrogens is 667 g/mol. The van der Waals surface area contributed by atoms with Crippen LogP contribution in [-0.2, 0) is 30.4 Å². The summed E-state index contributed by atoms with van der Waals surface area (Å²) < 4.78 is 1.18. The highest BCUT2D eigenvalue weighted by Crippen LogP contribution is 2.28. The van der Waals surface area contributed by atoms with Crippen LogP contribution >= 0.6 is 11.3 Å². The van der Waals surface area contributed by atoms with E-state index in [4.69, 9.17) is 16.3 Å². The highest BCUT2D eigenvalue weighted by Gasteiger charge is 2.24. The van der Waals surface area contributed by atoms with E-state index in [0.717, 1.165) is 61.8 Å². The van der Waals surface area contributed by atoms with Gasteiger partial charge in [0.2, 0.25) is 24.1 Å². The number of nitrogens with two attached hydrogens (primary N) is 4. The first-order valence-electron chi connectivity index (χ1n) is 18.5. The number of benzene rings is 1. The van der Waals surface area contributed by atoms with Crippen LogP contribution in [0.4, 0.5) is 0 Å². The third-order valence-electron chi connectivity index (χ3n) is 7.82. The van der Waals surface area contributed by atoms with Crippen molar-refractivity contribution in [2.75, 3.05) is 13.6 Å². The van der Waals surface area contributed by atoms with Crippen molar-refractivity contribution in [3.05, 3.63) is 28.8 Å². The van der Waals surface area contributed by atoms with Crippen molar-refractivity contribution < 1.29 is 24.0 Å². The molecule has 1 fully saturated rings. The van der Waals surface area contributed by atoms with Crippen LogP contribution < -0.4 is 33.6 Å². The fourth-order valence-electron chi connectivity index (χ4n) is 5.28. The molecule has 0 aliphatic heterocycles. The molecule has 2 atom stereocenters. The number of nitrogens with one attached hydrogen (secondary N) is 2. The Hall–Kier alpha value is -3.42. The van der Waals surface area contributed by atoms with Gasteiger partial charge in [0.15, 0.2) is 0 Å². The van der Waals surface area contributed by atoms with Gasteiger partial charge in [0.25, 0.3) is 0 Å². The molecule has 1 aliphatic rings. The summed E-state index contributed by atoms with van der Waals surface area (Å²) in [6.45, 7) is 13.2. The van der Waals surface area contributed by atoms with Crippen molar-refractivity contribution in [3.63, 3.8) is 0 Å². The first-order chi connectivity index (χ1) is 24.4. The number of thiazole rings is 1. The van der Waals surface area contributed by atoms with Gasteiger partial charge in [0, 0.05) is 19.3 Å². The summed E-state index contributed by atoms with van der Waals surface area (Å²) in [5.41, 5.74) is 21.6. The summed E-state index contributed by atoms with van der Waals surface area (Å²) in [5, 5.41) is 6.60. The minimum absolute atomic E-state index is 0.0465. The lowest BCUT2D eigenvalue weighted by atomic mass is 9.84. The molecule has 1 aromatic carbocycles. The van der Waals surface area contributed by atoms with E-state index in [2.05, 4.69) is 73.0 Å². The predicted octanol–water partition coefficient (Wildman–Crippen LogP) is 5.23. The average molecular weight is 736 g/mol. The summed E-state index contributed by atoms with van der Waals surface area (Å²) in [5.74, 6) is 0.512. The lowest BCUT2D eigenvalue weighted by Gasteiger charge is -2.27. The van der Waals surface area contributed by atoms with Gasteiger partial charge in [-0.25, -0.2) is 4.98 Å². The summed E-state index contributed by atoms with van der Waals surface area (Å²) in [6, 6.07) is 5.52. The fourth-order valence-corrected chi connectivity index (χ4v) is 6.30. The smallest absolute Gasteiger partial charge is 0.240 e. The molecule has 51 heavy (non-hydrogen) atoms. The summed E-state index contributed by atoms with van der Waals surface area (Å²) >= 11 is 1.66. The number of aryl methyl sites for hydroxylation is 1. The zero-order valence-corrected chi connectivity index (χ0v) is 33.2. The number of unbranched alkanes of at least 4 members (excludes halogenated alkanes) is 2. The minimum atomic E-state index is -0.544. The van der Waals surface area contributed by atoms with E-state index in [0.29, 0.717) is 50.0 Å². The van der Waals surface area contributed by atoms with E-state index in [1.807, 2.05) is 13.8 Å². The molecule has 292 valence electrons. The number of fused-ring (bicyclic) bond motifs is 1. The van der Waals surface area contributed by atoms with Crippen LogP contribution in [0.2, 0.25) is 0 Å². The molecule has 1 heterocycles. The molecule has 2 aromatic rings. The van der Waals surface area contributed by atoms with Crippen LogP contribution in [0.5, 0.6) is 0 Å². The standard InChI is InChI=1S/C21H28N2O2S.C12H25N3O2.C3H8.CH3NO.CH5N/c1-14(2)16-8-9-17-19(12-16)26-21(23-17)11-10-20(25)22-18(13-24)15-6-4-3-5-7-15;1-9(2)8-10(12(14)17)15-11(16)6-4-3-5-7-13;1-3-2;2-1-3;1-2/h8-9,12-15,18H,3-7,10-11H2,1-2H3,(H,22,25);9-10H,3-8,13H2,1-2H3,(H2,14,17)(H,15,16);3H2,1-2H3;1H,(H2,2,3);2H2,1H3. The van der Waals surface area contributed by atoms with Crippen molar-refractivity contribution in [1.82, 2.24) is 15.6 Å². The van der Waals surface area contributed by atoms with Gasteiger partial charge >= 0.3 is 0 Å².